The predicted molar refractivity (Wildman–Crippen MR) is 147 cm³/mol. The van der Waals surface area contributed by atoms with Crippen LogP contribution in [0, 0.1) is 23.7 Å². The highest BCUT2D eigenvalue weighted by Gasteiger charge is 2.56. The smallest absolute Gasteiger partial charge is 0.247 e. The maximum atomic E-state index is 13.8. The molecule has 1 fully saturated rings. The van der Waals surface area contributed by atoms with E-state index in [-0.39, 0.29) is 36.2 Å². The van der Waals surface area contributed by atoms with Gasteiger partial charge in [0.2, 0.25) is 17.7 Å². The summed E-state index contributed by atoms with van der Waals surface area (Å²) in [5, 5.41) is 15.0. The van der Waals surface area contributed by atoms with Gasteiger partial charge in [-0.25, -0.2) is 0 Å². The number of allylic oxidation sites excluding steroid dienone is 1. The van der Waals surface area contributed by atoms with Gasteiger partial charge in [0.1, 0.15) is 6.04 Å². The second-order valence-electron chi connectivity index (χ2n) is 10.0. The van der Waals surface area contributed by atoms with Crippen molar-refractivity contribution in [2.45, 2.75) is 58.9 Å². The molecular formula is C29H44N4O4. The minimum Gasteiger partial charge on any atom is -0.396 e. The lowest BCUT2D eigenvalue weighted by Crippen LogP contribution is -2.45. The van der Waals surface area contributed by atoms with Gasteiger partial charge >= 0.3 is 0 Å². The van der Waals surface area contributed by atoms with Crippen molar-refractivity contribution in [3.05, 3.63) is 36.4 Å². The number of carbonyl (C=O) groups excluding carboxylic acids is 3. The Morgan fingerprint density at radius 3 is 2.30 bits per heavy atom. The number of nitrogens with zero attached hydrogens (tertiary/aromatic N) is 2. The van der Waals surface area contributed by atoms with Crippen LogP contribution in [0.15, 0.2) is 36.4 Å². The fourth-order valence-electron chi connectivity index (χ4n) is 6.00. The van der Waals surface area contributed by atoms with Crippen LogP contribution in [0.3, 0.4) is 0 Å². The normalized spacial score (nSPS) is 24.6. The van der Waals surface area contributed by atoms with Crippen molar-refractivity contribution in [2.24, 2.45) is 23.7 Å². The molecule has 0 unspecified atom stereocenters. The molecule has 0 bridgehead atoms. The van der Waals surface area contributed by atoms with Crippen LogP contribution in [0.2, 0.25) is 0 Å². The number of hydrogen-bond donors (Lipinski definition) is 3. The Morgan fingerprint density at radius 1 is 1.00 bits per heavy atom. The molecule has 1 saturated heterocycles. The molecule has 0 radical (unpaired) electrons. The van der Waals surface area contributed by atoms with Gasteiger partial charge in [-0.1, -0.05) is 25.5 Å². The second kappa shape index (κ2) is 13.6. The number of nitrogens with one attached hydrogen (secondary N) is 2. The Balaban J connectivity index is 1.89. The SMILES string of the molecule is CCC[C@@H]1C=C[C@H]2[C@H](C(=O)N(CCCCCO)[C@@H]2C(=O)Nc2ccc(N(CC)CC)cc2)[C@@H]1C(=O)NC. The summed E-state index contributed by atoms with van der Waals surface area (Å²) in [5.74, 6) is -1.92. The van der Waals surface area contributed by atoms with Gasteiger partial charge in [0.05, 0.1) is 11.8 Å². The fraction of sp³-hybridized carbons (Fsp3) is 0.621. The van der Waals surface area contributed by atoms with Crippen molar-refractivity contribution in [2.75, 3.05) is 43.5 Å². The zero-order chi connectivity index (χ0) is 26.9. The van der Waals surface area contributed by atoms with E-state index < -0.39 is 17.9 Å². The molecule has 204 valence electrons. The summed E-state index contributed by atoms with van der Waals surface area (Å²) in [6.07, 6.45) is 7.90. The number of unbranched alkanes of at least 4 members (excludes halogenated alkanes) is 2. The van der Waals surface area contributed by atoms with Crippen LogP contribution >= 0.6 is 0 Å². The third-order valence-corrected chi connectivity index (χ3v) is 7.87. The Hall–Kier alpha value is -2.87. The number of fused-ring (bicyclic) bond motifs is 1. The summed E-state index contributed by atoms with van der Waals surface area (Å²) in [6, 6.07) is 7.10. The van der Waals surface area contributed by atoms with Gasteiger partial charge in [0.25, 0.3) is 0 Å². The zero-order valence-electron chi connectivity index (χ0n) is 22.8. The van der Waals surface area contributed by atoms with Crippen LogP contribution in [-0.4, -0.2) is 67.1 Å². The van der Waals surface area contributed by atoms with Crippen LogP contribution in [-0.2, 0) is 14.4 Å². The summed E-state index contributed by atoms with van der Waals surface area (Å²) in [5.41, 5.74) is 1.78. The van der Waals surface area contributed by atoms with Crippen LogP contribution in [0.5, 0.6) is 0 Å². The van der Waals surface area contributed by atoms with E-state index in [0.717, 1.165) is 38.0 Å². The maximum Gasteiger partial charge on any atom is 0.247 e. The number of aliphatic hydroxyl groups is 1. The average molecular weight is 513 g/mol. The Bertz CT molecular complexity index is 944. The number of benzene rings is 1. The highest BCUT2D eigenvalue weighted by molar-refractivity contribution is 6.02. The molecule has 2 aliphatic rings. The minimum absolute atomic E-state index is 0.0270. The molecule has 0 spiro atoms. The Kier molecular flexibility index (Phi) is 10.6. The molecule has 37 heavy (non-hydrogen) atoms. The Morgan fingerprint density at radius 2 is 1.70 bits per heavy atom. The highest BCUT2D eigenvalue weighted by Crippen LogP contribution is 2.45. The predicted octanol–water partition coefficient (Wildman–Crippen LogP) is 3.43. The molecule has 3 rings (SSSR count). The van der Waals surface area contributed by atoms with Crippen molar-refractivity contribution in [3.63, 3.8) is 0 Å². The molecule has 8 nitrogen and oxygen atoms in total. The second-order valence-corrected chi connectivity index (χ2v) is 10.0. The van der Waals surface area contributed by atoms with Crippen molar-refractivity contribution >= 4 is 29.1 Å². The molecule has 1 heterocycles. The topological polar surface area (TPSA) is 102 Å². The number of amides is 3. The van der Waals surface area contributed by atoms with Gasteiger partial charge in [-0.2, -0.15) is 0 Å². The summed E-state index contributed by atoms with van der Waals surface area (Å²) < 4.78 is 0. The average Bonchev–Trinajstić information content (AvgIpc) is 3.19. The van der Waals surface area contributed by atoms with Crippen LogP contribution < -0.4 is 15.5 Å². The van der Waals surface area contributed by atoms with Gasteiger partial charge < -0.3 is 25.5 Å². The fourth-order valence-corrected chi connectivity index (χ4v) is 6.00. The first-order valence-electron chi connectivity index (χ1n) is 13.9. The zero-order valence-corrected chi connectivity index (χ0v) is 22.8. The molecule has 1 aliphatic carbocycles. The quantitative estimate of drug-likeness (QED) is 0.278. The lowest BCUT2D eigenvalue weighted by Gasteiger charge is -2.34. The van der Waals surface area contributed by atoms with Gasteiger partial charge in [0, 0.05) is 50.6 Å². The largest absolute Gasteiger partial charge is 0.396 e. The summed E-state index contributed by atoms with van der Waals surface area (Å²) >= 11 is 0. The molecule has 0 aromatic heterocycles. The summed E-state index contributed by atoms with van der Waals surface area (Å²) in [6.45, 7) is 8.63. The van der Waals surface area contributed by atoms with Crippen LogP contribution in [0.25, 0.3) is 0 Å². The van der Waals surface area contributed by atoms with E-state index in [1.54, 1.807) is 11.9 Å². The third-order valence-electron chi connectivity index (χ3n) is 7.87. The van der Waals surface area contributed by atoms with E-state index in [9.17, 15) is 14.4 Å². The number of hydrogen-bond acceptors (Lipinski definition) is 5. The Labute approximate surface area is 221 Å². The van der Waals surface area contributed by atoms with E-state index in [2.05, 4.69) is 36.3 Å². The standard InChI is InChI=1S/C29H44N4O4/c1-5-11-20-12-17-23-25(24(20)27(35)30-4)29(37)33(18-9-8-10-19-34)26(23)28(36)31-21-13-15-22(16-14-21)32(6-2)7-3/h12-17,20,23-26,34H,5-11,18-19H2,1-4H3,(H,30,35)(H,31,36)/t20-,23+,24-,25+,26+/m1/s1. The van der Waals surface area contributed by atoms with Crippen molar-refractivity contribution in [1.82, 2.24) is 10.2 Å². The lowest BCUT2D eigenvalue weighted by atomic mass is 9.68. The molecule has 3 N–H and O–H groups in total. The number of rotatable bonds is 13. The maximum absolute atomic E-state index is 13.8. The van der Waals surface area contributed by atoms with E-state index in [4.69, 9.17) is 5.11 Å². The first-order valence-corrected chi connectivity index (χ1v) is 13.9. The summed E-state index contributed by atoms with van der Waals surface area (Å²) in [7, 11) is 1.61. The third kappa shape index (κ3) is 6.35. The molecular weight excluding hydrogens is 468 g/mol. The van der Waals surface area contributed by atoms with Gasteiger partial charge in [0.15, 0.2) is 0 Å². The molecule has 8 heteroatoms. The molecule has 5 atom stereocenters. The number of likely N-dealkylation sites (tertiary alicyclic amines) is 1. The van der Waals surface area contributed by atoms with Gasteiger partial charge in [-0.15, -0.1) is 0 Å². The van der Waals surface area contributed by atoms with Gasteiger partial charge in [-0.05, 0) is 69.7 Å². The van der Waals surface area contributed by atoms with E-state index in [1.807, 2.05) is 36.4 Å². The molecule has 1 aliphatic heterocycles. The molecule has 1 aromatic carbocycles. The van der Waals surface area contributed by atoms with Crippen LogP contribution in [0.1, 0.15) is 52.9 Å². The van der Waals surface area contributed by atoms with E-state index in [1.165, 1.54) is 0 Å². The van der Waals surface area contributed by atoms with Crippen molar-refractivity contribution < 1.29 is 19.5 Å². The molecule has 3 amide bonds. The van der Waals surface area contributed by atoms with E-state index >= 15 is 0 Å². The van der Waals surface area contributed by atoms with Crippen LogP contribution in [0.4, 0.5) is 11.4 Å². The number of anilines is 2. The van der Waals surface area contributed by atoms with E-state index in [0.29, 0.717) is 25.1 Å². The van der Waals surface area contributed by atoms with Crippen molar-refractivity contribution in [1.29, 1.82) is 0 Å². The van der Waals surface area contributed by atoms with Crippen molar-refractivity contribution in [3.8, 4) is 0 Å². The first-order chi connectivity index (χ1) is 17.9. The number of aliphatic hydroxyl groups excluding tert-OH is 1. The molecule has 0 saturated carbocycles. The van der Waals surface area contributed by atoms with Gasteiger partial charge in [-0.3, -0.25) is 14.4 Å². The minimum atomic E-state index is -0.680. The number of carbonyl (C=O) groups is 3. The monoisotopic (exact) mass is 512 g/mol. The molecule has 1 aromatic rings. The lowest BCUT2D eigenvalue weighted by molar-refractivity contribution is -0.140. The first kappa shape index (κ1) is 28.7. The highest BCUT2D eigenvalue weighted by atomic mass is 16.3. The summed E-state index contributed by atoms with van der Waals surface area (Å²) in [4.78, 5) is 44.4.